The highest BCUT2D eigenvalue weighted by Crippen LogP contribution is 2.21. The Morgan fingerprint density at radius 2 is 1.95 bits per heavy atom. The molecule has 6 nitrogen and oxygen atoms in total. The summed E-state index contributed by atoms with van der Waals surface area (Å²) in [5, 5.41) is 18.6. The smallest absolute Gasteiger partial charge is 0.222 e. The third-order valence-electron chi connectivity index (χ3n) is 4.86. The molecule has 0 radical (unpaired) electrons. The Kier molecular flexibility index (Phi) is 6.64. The summed E-state index contributed by atoms with van der Waals surface area (Å²) in [6.07, 6.45) is 4.75. The van der Waals surface area contributed by atoms with Gasteiger partial charge in [-0.05, 0) is 38.0 Å². The summed E-state index contributed by atoms with van der Waals surface area (Å²) in [6.45, 7) is 2.62. The number of hydrogen-bond acceptors (Lipinski definition) is 4. The van der Waals surface area contributed by atoms with Crippen LogP contribution >= 0.6 is 0 Å². The van der Waals surface area contributed by atoms with Gasteiger partial charge in [0.15, 0.2) is 0 Å². The molecule has 2 fully saturated rings. The molecular weight excluding hydrogens is 284 g/mol. The Hall–Kier alpha value is -1.14. The van der Waals surface area contributed by atoms with E-state index in [9.17, 15) is 14.7 Å². The van der Waals surface area contributed by atoms with Crippen LogP contribution < -0.4 is 0 Å². The molecule has 0 aliphatic carbocycles. The van der Waals surface area contributed by atoms with Crippen molar-refractivity contribution >= 4 is 11.8 Å². The minimum Gasteiger partial charge on any atom is -0.394 e. The fraction of sp³-hybridized carbons (Fsp3) is 0.875. The van der Waals surface area contributed by atoms with Gasteiger partial charge in [-0.25, -0.2) is 0 Å². The van der Waals surface area contributed by atoms with Crippen LogP contribution in [0, 0.1) is 5.92 Å². The number of carbonyl (C=O) groups is 2. The van der Waals surface area contributed by atoms with Crippen molar-refractivity contribution in [3.05, 3.63) is 0 Å². The molecule has 0 bridgehead atoms. The van der Waals surface area contributed by atoms with Crippen molar-refractivity contribution < 1.29 is 19.8 Å². The number of amides is 2. The quantitative estimate of drug-likeness (QED) is 0.742. The van der Waals surface area contributed by atoms with Crippen molar-refractivity contribution in [1.29, 1.82) is 0 Å². The van der Waals surface area contributed by atoms with E-state index in [2.05, 4.69) is 0 Å². The van der Waals surface area contributed by atoms with Crippen LogP contribution in [0.1, 0.15) is 44.9 Å². The van der Waals surface area contributed by atoms with Crippen LogP contribution in [0.15, 0.2) is 0 Å². The molecule has 2 amide bonds. The predicted octanol–water partition coefficient (Wildman–Crippen LogP) is 0.371. The molecular formula is C16H28N2O4. The highest BCUT2D eigenvalue weighted by atomic mass is 16.3. The van der Waals surface area contributed by atoms with Gasteiger partial charge in [-0.1, -0.05) is 0 Å². The Balaban J connectivity index is 1.65. The molecule has 2 aliphatic heterocycles. The van der Waals surface area contributed by atoms with Gasteiger partial charge in [-0.15, -0.1) is 0 Å². The van der Waals surface area contributed by atoms with Gasteiger partial charge >= 0.3 is 0 Å². The van der Waals surface area contributed by atoms with Crippen molar-refractivity contribution in [1.82, 2.24) is 9.80 Å². The number of hydrogen-bond donors (Lipinski definition) is 2. The highest BCUT2D eigenvalue weighted by molar-refractivity contribution is 5.77. The summed E-state index contributed by atoms with van der Waals surface area (Å²) in [4.78, 5) is 27.6. The van der Waals surface area contributed by atoms with Gasteiger partial charge in [0, 0.05) is 39.0 Å². The molecule has 6 heteroatoms. The summed E-state index contributed by atoms with van der Waals surface area (Å²) in [5.41, 5.74) is 0. The van der Waals surface area contributed by atoms with E-state index in [4.69, 9.17) is 5.11 Å². The van der Waals surface area contributed by atoms with Crippen LogP contribution in [0.2, 0.25) is 0 Å². The minimum atomic E-state index is -0.664. The molecule has 126 valence electrons. The lowest BCUT2D eigenvalue weighted by molar-refractivity contribution is -0.136. The topological polar surface area (TPSA) is 81.1 Å². The Morgan fingerprint density at radius 3 is 2.59 bits per heavy atom. The second-order valence-electron chi connectivity index (χ2n) is 6.41. The number of aliphatic hydroxyl groups is 2. The van der Waals surface area contributed by atoms with Gasteiger partial charge in [0.25, 0.3) is 0 Å². The lowest BCUT2D eigenvalue weighted by Crippen LogP contribution is -2.42. The number of aliphatic hydroxyl groups excluding tert-OH is 2. The van der Waals surface area contributed by atoms with Gasteiger partial charge < -0.3 is 20.0 Å². The Labute approximate surface area is 132 Å². The molecule has 2 saturated heterocycles. The first-order valence-electron chi connectivity index (χ1n) is 8.46. The SMILES string of the molecule is O=C1CCCCN1CCCC(=O)N1CCC(C(O)CO)CC1. The first-order valence-corrected chi connectivity index (χ1v) is 8.46. The van der Waals surface area contributed by atoms with Crippen LogP contribution in [0.4, 0.5) is 0 Å². The van der Waals surface area contributed by atoms with Crippen LogP contribution in [0.25, 0.3) is 0 Å². The van der Waals surface area contributed by atoms with Crippen molar-refractivity contribution in [3.8, 4) is 0 Å². The standard InChI is InChI=1S/C16H28N2O4/c19-12-14(20)13-6-10-18(11-7-13)16(22)5-3-9-17-8-2-1-4-15(17)21/h13-14,19-20H,1-12H2. The lowest BCUT2D eigenvalue weighted by Gasteiger charge is -2.34. The number of rotatable bonds is 6. The minimum absolute atomic E-state index is 0.0972. The van der Waals surface area contributed by atoms with Gasteiger partial charge in [0.1, 0.15) is 0 Å². The molecule has 1 unspecified atom stereocenters. The van der Waals surface area contributed by atoms with E-state index in [1.165, 1.54) is 0 Å². The van der Waals surface area contributed by atoms with Crippen LogP contribution in [0.5, 0.6) is 0 Å². The number of carbonyl (C=O) groups excluding carboxylic acids is 2. The van der Waals surface area contributed by atoms with E-state index in [1.807, 2.05) is 9.80 Å². The molecule has 2 N–H and O–H groups in total. The lowest BCUT2D eigenvalue weighted by atomic mass is 9.91. The maximum absolute atomic E-state index is 12.2. The van der Waals surface area contributed by atoms with Gasteiger partial charge in [0.2, 0.25) is 11.8 Å². The summed E-state index contributed by atoms with van der Waals surface area (Å²) in [5.74, 6) is 0.457. The first kappa shape index (κ1) is 17.2. The molecule has 1 atom stereocenters. The molecule has 0 spiro atoms. The summed E-state index contributed by atoms with van der Waals surface area (Å²) in [6, 6.07) is 0. The summed E-state index contributed by atoms with van der Waals surface area (Å²) < 4.78 is 0. The van der Waals surface area contributed by atoms with Crippen LogP contribution in [0.3, 0.4) is 0 Å². The van der Waals surface area contributed by atoms with Gasteiger partial charge in [-0.3, -0.25) is 9.59 Å². The second-order valence-corrected chi connectivity index (χ2v) is 6.41. The van der Waals surface area contributed by atoms with Gasteiger partial charge in [0.05, 0.1) is 12.7 Å². The average molecular weight is 312 g/mol. The van der Waals surface area contributed by atoms with E-state index in [0.717, 1.165) is 38.6 Å². The van der Waals surface area contributed by atoms with E-state index in [1.54, 1.807) is 0 Å². The molecule has 0 aromatic heterocycles. The molecule has 0 aromatic rings. The number of likely N-dealkylation sites (tertiary alicyclic amines) is 2. The Morgan fingerprint density at radius 1 is 1.23 bits per heavy atom. The monoisotopic (exact) mass is 312 g/mol. The third-order valence-corrected chi connectivity index (χ3v) is 4.86. The maximum Gasteiger partial charge on any atom is 0.222 e. The zero-order valence-electron chi connectivity index (χ0n) is 13.2. The number of nitrogens with zero attached hydrogens (tertiary/aromatic N) is 2. The zero-order valence-corrected chi connectivity index (χ0v) is 13.2. The van der Waals surface area contributed by atoms with E-state index in [-0.39, 0.29) is 24.3 Å². The number of piperidine rings is 2. The largest absolute Gasteiger partial charge is 0.394 e. The molecule has 22 heavy (non-hydrogen) atoms. The fourth-order valence-corrected chi connectivity index (χ4v) is 3.36. The normalized spacial score (nSPS) is 22.0. The second kappa shape index (κ2) is 8.48. The summed E-state index contributed by atoms with van der Waals surface area (Å²) >= 11 is 0. The van der Waals surface area contributed by atoms with E-state index >= 15 is 0 Å². The predicted molar refractivity (Wildman–Crippen MR) is 82.1 cm³/mol. The first-order chi connectivity index (χ1) is 10.6. The van der Waals surface area contributed by atoms with Crippen molar-refractivity contribution in [2.24, 2.45) is 5.92 Å². The third kappa shape index (κ3) is 4.68. The zero-order chi connectivity index (χ0) is 15.9. The molecule has 2 rings (SSSR count). The van der Waals surface area contributed by atoms with Crippen molar-refractivity contribution in [2.45, 2.75) is 51.0 Å². The highest BCUT2D eigenvalue weighted by Gasteiger charge is 2.27. The van der Waals surface area contributed by atoms with E-state index in [0.29, 0.717) is 32.5 Å². The van der Waals surface area contributed by atoms with Crippen LogP contribution in [-0.4, -0.2) is 70.7 Å². The fourth-order valence-electron chi connectivity index (χ4n) is 3.36. The molecule has 2 aliphatic rings. The van der Waals surface area contributed by atoms with E-state index < -0.39 is 6.10 Å². The molecule has 2 heterocycles. The van der Waals surface area contributed by atoms with Crippen LogP contribution in [-0.2, 0) is 9.59 Å². The summed E-state index contributed by atoms with van der Waals surface area (Å²) in [7, 11) is 0. The van der Waals surface area contributed by atoms with Gasteiger partial charge in [-0.2, -0.15) is 0 Å². The molecule has 0 saturated carbocycles. The molecule has 0 aromatic carbocycles. The maximum atomic E-state index is 12.2. The van der Waals surface area contributed by atoms with Crippen molar-refractivity contribution in [3.63, 3.8) is 0 Å². The average Bonchev–Trinajstić information content (AvgIpc) is 2.56. The van der Waals surface area contributed by atoms with Crippen molar-refractivity contribution in [2.75, 3.05) is 32.8 Å². The Bertz CT molecular complexity index is 380.